The number of nitrogens with two attached hydrogens (primary N) is 1. The summed E-state index contributed by atoms with van der Waals surface area (Å²) in [7, 11) is 0. The van der Waals surface area contributed by atoms with Gasteiger partial charge in [-0.3, -0.25) is 9.63 Å². The number of hydrogen-bond donors (Lipinski definition) is 2. The number of carbonyl (C=O) groups excluding carboxylic acids is 1. The van der Waals surface area contributed by atoms with Gasteiger partial charge in [0, 0.05) is 6.54 Å². The van der Waals surface area contributed by atoms with E-state index in [1.807, 2.05) is 0 Å². The summed E-state index contributed by atoms with van der Waals surface area (Å²) in [6.45, 7) is 2.86. The summed E-state index contributed by atoms with van der Waals surface area (Å²) in [6, 6.07) is 0. The van der Waals surface area contributed by atoms with Gasteiger partial charge in [0.2, 0.25) is 5.91 Å². The van der Waals surface area contributed by atoms with Crippen LogP contribution >= 0.6 is 0 Å². The minimum absolute atomic E-state index is 0.0467. The number of amides is 1. The van der Waals surface area contributed by atoms with E-state index in [-0.39, 0.29) is 12.5 Å². The van der Waals surface area contributed by atoms with Crippen molar-refractivity contribution in [3.8, 4) is 0 Å². The molecule has 0 atom stereocenters. The third kappa shape index (κ3) is 9.30. The molecule has 78 valence electrons. The van der Waals surface area contributed by atoms with E-state index in [9.17, 15) is 4.79 Å². The van der Waals surface area contributed by atoms with Gasteiger partial charge in [0.05, 0.1) is 0 Å². The standard InChI is InChI=1S/C9H20N2O2/c1-2-3-4-5-6-7-11-9(12)8-13-10/h2-8,10H2,1H3,(H,11,12). The molecule has 0 aliphatic carbocycles. The zero-order chi connectivity index (χ0) is 9.94. The van der Waals surface area contributed by atoms with Gasteiger partial charge in [0.1, 0.15) is 6.61 Å². The molecule has 4 nitrogen and oxygen atoms in total. The van der Waals surface area contributed by atoms with Crippen molar-refractivity contribution in [2.45, 2.75) is 39.0 Å². The number of unbranched alkanes of at least 4 members (excludes halogenated alkanes) is 4. The predicted octanol–water partition coefficient (Wildman–Crippen LogP) is 0.963. The number of rotatable bonds is 8. The van der Waals surface area contributed by atoms with E-state index in [4.69, 9.17) is 5.90 Å². The smallest absolute Gasteiger partial charge is 0.248 e. The van der Waals surface area contributed by atoms with Crippen molar-refractivity contribution in [3.63, 3.8) is 0 Å². The van der Waals surface area contributed by atoms with E-state index >= 15 is 0 Å². The molecular weight excluding hydrogens is 168 g/mol. The summed E-state index contributed by atoms with van der Waals surface area (Å²) in [6.07, 6.45) is 5.99. The van der Waals surface area contributed by atoms with Crippen LogP contribution in [0.5, 0.6) is 0 Å². The van der Waals surface area contributed by atoms with Crippen LogP contribution in [0.25, 0.3) is 0 Å². The SMILES string of the molecule is CCCCCCCNC(=O)CON. The van der Waals surface area contributed by atoms with Gasteiger partial charge in [0.25, 0.3) is 0 Å². The fourth-order valence-electron chi connectivity index (χ4n) is 1.08. The molecule has 0 aromatic carbocycles. The number of nitrogens with one attached hydrogen (secondary N) is 1. The highest BCUT2D eigenvalue weighted by atomic mass is 16.6. The van der Waals surface area contributed by atoms with E-state index in [0.29, 0.717) is 0 Å². The van der Waals surface area contributed by atoms with Crippen LogP contribution in [-0.4, -0.2) is 19.1 Å². The van der Waals surface area contributed by atoms with Crippen molar-refractivity contribution >= 4 is 5.91 Å². The Hall–Kier alpha value is -0.610. The molecule has 0 saturated carbocycles. The molecule has 0 saturated heterocycles. The number of hydrogen-bond acceptors (Lipinski definition) is 3. The predicted molar refractivity (Wildman–Crippen MR) is 51.9 cm³/mol. The van der Waals surface area contributed by atoms with Gasteiger partial charge in [-0.15, -0.1) is 0 Å². The van der Waals surface area contributed by atoms with Crippen molar-refractivity contribution in [3.05, 3.63) is 0 Å². The van der Waals surface area contributed by atoms with Gasteiger partial charge in [-0.25, -0.2) is 5.90 Å². The van der Waals surface area contributed by atoms with Crippen LogP contribution < -0.4 is 11.2 Å². The zero-order valence-corrected chi connectivity index (χ0v) is 8.34. The third-order valence-corrected chi connectivity index (χ3v) is 1.82. The van der Waals surface area contributed by atoms with Crippen LogP contribution in [0.1, 0.15) is 39.0 Å². The second-order valence-corrected chi connectivity index (χ2v) is 3.08. The average Bonchev–Trinajstić information content (AvgIpc) is 2.11. The van der Waals surface area contributed by atoms with Crippen molar-refractivity contribution in [1.82, 2.24) is 5.32 Å². The Kier molecular flexibility index (Phi) is 9.03. The molecule has 0 aliphatic rings. The molecule has 0 aromatic heterocycles. The summed E-state index contributed by atoms with van der Waals surface area (Å²) in [5.41, 5.74) is 0. The molecule has 0 heterocycles. The molecule has 0 bridgehead atoms. The minimum Gasteiger partial charge on any atom is -0.354 e. The van der Waals surface area contributed by atoms with Crippen LogP contribution in [0, 0.1) is 0 Å². The fraction of sp³-hybridized carbons (Fsp3) is 0.889. The molecule has 0 aromatic rings. The Morgan fingerprint density at radius 1 is 1.31 bits per heavy atom. The lowest BCUT2D eigenvalue weighted by molar-refractivity contribution is -0.125. The van der Waals surface area contributed by atoms with E-state index in [1.165, 1.54) is 25.7 Å². The van der Waals surface area contributed by atoms with Gasteiger partial charge < -0.3 is 5.32 Å². The van der Waals surface area contributed by atoms with Crippen LogP contribution in [0.3, 0.4) is 0 Å². The number of carbonyl (C=O) groups is 1. The lowest BCUT2D eigenvalue weighted by Gasteiger charge is -2.03. The quantitative estimate of drug-likeness (QED) is 0.440. The van der Waals surface area contributed by atoms with Crippen molar-refractivity contribution < 1.29 is 9.63 Å². The van der Waals surface area contributed by atoms with E-state index in [2.05, 4.69) is 17.1 Å². The Morgan fingerprint density at radius 3 is 2.62 bits per heavy atom. The van der Waals surface area contributed by atoms with Crippen LogP contribution in [0.2, 0.25) is 0 Å². The highest BCUT2D eigenvalue weighted by molar-refractivity contribution is 5.77. The normalized spacial score (nSPS) is 10.0. The van der Waals surface area contributed by atoms with Gasteiger partial charge >= 0.3 is 0 Å². The van der Waals surface area contributed by atoms with Gasteiger partial charge in [-0.1, -0.05) is 32.6 Å². The maximum atomic E-state index is 10.8. The molecule has 3 N–H and O–H groups in total. The lowest BCUT2D eigenvalue weighted by Crippen LogP contribution is -2.29. The summed E-state index contributed by atoms with van der Waals surface area (Å²) >= 11 is 0. The van der Waals surface area contributed by atoms with Crippen molar-refractivity contribution in [2.24, 2.45) is 5.90 Å². The topological polar surface area (TPSA) is 64.3 Å². The Labute approximate surface area is 79.8 Å². The molecule has 0 spiro atoms. The zero-order valence-electron chi connectivity index (χ0n) is 8.34. The molecule has 0 unspecified atom stereocenters. The second-order valence-electron chi connectivity index (χ2n) is 3.08. The Bertz CT molecular complexity index is 129. The first-order valence-electron chi connectivity index (χ1n) is 4.89. The summed E-state index contributed by atoms with van der Waals surface area (Å²) < 4.78 is 0. The molecule has 0 rings (SSSR count). The molecule has 13 heavy (non-hydrogen) atoms. The maximum absolute atomic E-state index is 10.8. The highest BCUT2D eigenvalue weighted by Crippen LogP contribution is 2.00. The summed E-state index contributed by atoms with van der Waals surface area (Å²) in [5.74, 6) is 4.60. The average molecular weight is 188 g/mol. The highest BCUT2D eigenvalue weighted by Gasteiger charge is 1.97. The van der Waals surface area contributed by atoms with E-state index < -0.39 is 0 Å². The Balaban J connectivity index is 3.02. The van der Waals surface area contributed by atoms with E-state index in [1.54, 1.807) is 0 Å². The lowest BCUT2D eigenvalue weighted by atomic mass is 10.1. The van der Waals surface area contributed by atoms with Crippen LogP contribution in [0.4, 0.5) is 0 Å². The van der Waals surface area contributed by atoms with Gasteiger partial charge in [-0.2, -0.15) is 0 Å². The molecule has 0 aliphatic heterocycles. The minimum atomic E-state index is -0.141. The van der Waals surface area contributed by atoms with Crippen molar-refractivity contribution in [2.75, 3.05) is 13.2 Å². The van der Waals surface area contributed by atoms with Crippen LogP contribution in [-0.2, 0) is 9.63 Å². The fourth-order valence-corrected chi connectivity index (χ4v) is 1.08. The van der Waals surface area contributed by atoms with Crippen molar-refractivity contribution in [1.29, 1.82) is 0 Å². The summed E-state index contributed by atoms with van der Waals surface area (Å²) in [5, 5.41) is 2.72. The largest absolute Gasteiger partial charge is 0.354 e. The second kappa shape index (κ2) is 9.48. The van der Waals surface area contributed by atoms with Gasteiger partial charge in [-0.05, 0) is 6.42 Å². The molecule has 0 radical (unpaired) electrons. The molecule has 1 amide bonds. The molecular formula is C9H20N2O2. The Morgan fingerprint density at radius 2 is 2.00 bits per heavy atom. The van der Waals surface area contributed by atoms with Crippen LogP contribution in [0.15, 0.2) is 0 Å². The first kappa shape index (κ1) is 12.4. The monoisotopic (exact) mass is 188 g/mol. The van der Waals surface area contributed by atoms with Gasteiger partial charge in [0.15, 0.2) is 0 Å². The molecule has 0 fully saturated rings. The summed E-state index contributed by atoms with van der Waals surface area (Å²) in [4.78, 5) is 15.0. The maximum Gasteiger partial charge on any atom is 0.248 e. The van der Waals surface area contributed by atoms with E-state index in [0.717, 1.165) is 13.0 Å². The molecule has 4 heteroatoms. The first-order chi connectivity index (χ1) is 6.31. The third-order valence-electron chi connectivity index (χ3n) is 1.82. The first-order valence-corrected chi connectivity index (χ1v) is 4.89.